The maximum Gasteiger partial charge on any atom is 0.276 e. The largest absolute Gasteiger partial charge is 0.483 e. The fourth-order valence-corrected chi connectivity index (χ4v) is 5.70. The van der Waals surface area contributed by atoms with Gasteiger partial charge in [0.25, 0.3) is 11.8 Å². The van der Waals surface area contributed by atoms with Crippen LogP contribution in [0.1, 0.15) is 58.2 Å². The summed E-state index contributed by atoms with van der Waals surface area (Å²) in [6.07, 6.45) is 4.23. The van der Waals surface area contributed by atoms with Crippen LogP contribution >= 0.6 is 0 Å². The molecule has 10 heteroatoms. The number of nitrogens with zero attached hydrogens (tertiary/aromatic N) is 3. The lowest BCUT2D eigenvalue weighted by Gasteiger charge is -2.50. The molecule has 3 aromatic rings. The van der Waals surface area contributed by atoms with Gasteiger partial charge in [-0.2, -0.15) is 0 Å². The summed E-state index contributed by atoms with van der Waals surface area (Å²) < 4.78 is 35.1. The van der Waals surface area contributed by atoms with Gasteiger partial charge in [-0.25, -0.2) is 8.78 Å². The van der Waals surface area contributed by atoms with Crippen LogP contribution in [-0.2, 0) is 19.7 Å². The van der Waals surface area contributed by atoms with E-state index in [4.69, 9.17) is 4.74 Å². The van der Waals surface area contributed by atoms with Crippen molar-refractivity contribution in [3.8, 4) is 5.75 Å². The molecular formula is C30H30F2N4O4. The lowest BCUT2D eigenvalue weighted by molar-refractivity contribution is -0.0364. The van der Waals surface area contributed by atoms with Gasteiger partial charge in [-0.3, -0.25) is 19.3 Å². The molecule has 0 radical (unpaired) electrons. The molecule has 0 unspecified atom stereocenters. The topological polar surface area (TPSA) is 83.9 Å². The maximum atomic E-state index is 14.1. The number of hydrogen-bond donors (Lipinski definition) is 1. The van der Waals surface area contributed by atoms with Crippen molar-refractivity contribution in [2.45, 2.75) is 64.1 Å². The molecule has 0 spiro atoms. The van der Waals surface area contributed by atoms with Gasteiger partial charge in [-0.05, 0) is 37.8 Å². The molecule has 3 aliphatic rings. The van der Waals surface area contributed by atoms with Crippen LogP contribution in [0.5, 0.6) is 5.75 Å². The molecule has 0 bridgehead atoms. The first-order valence-corrected chi connectivity index (χ1v) is 13.6. The third-order valence-electron chi connectivity index (χ3n) is 7.96. The second kappa shape index (κ2) is 10.5. The smallest absolute Gasteiger partial charge is 0.276 e. The molecule has 2 aliphatic heterocycles. The van der Waals surface area contributed by atoms with Gasteiger partial charge in [0, 0.05) is 43.0 Å². The molecule has 6 rings (SSSR count). The zero-order valence-corrected chi connectivity index (χ0v) is 22.1. The van der Waals surface area contributed by atoms with Gasteiger partial charge in [0.05, 0.1) is 6.54 Å². The van der Waals surface area contributed by atoms with Crippen molar-refractivity contribution < 1.29 is 23.1 Å². The van der Waals surface area contributed by atoms with Crippen LogP contribution in [0.15, 0.2) is 59.5 Å². The number of aromatic nitrogens is 1. The number of pyridine rings is 1. The van der Waals surface area contributed by atoms with E-state index in [0.717, 1.165) is 43.5 Å². The van der Waals surface area contributed by atoms with E-state index in [0.29, 0.717) is 12.6 Å². The zero-order chi connectivity index (χ0) is 28.0. The Hall–Kier alpha value is -4.05. The molecule has 208 valence electrons. The van der Waals surface area contributed by atoms with Gasteiger partial charge < -0.3 is 19.5 Å². The number of halogens is 2. The van der Waals surface area contributed by atoms with E-state index in [1.165, 1.54) is 12.3 Å². The minimum atomic E-state index is -0.799. The number of rotatable bonds is 7. The highest BCUT2D eigenvalue weighted by Crippen LogP contribution is 2.37. The van der Waals surface area contributed by atoms with Crippen molar-refractivity contribution in [2.75, 3.05) is 6.54 Å². The summed E-state index contributed by atoms with van der Waals surface area (Å²) in [4.78, 5) is 45.1. The lowest BCUT2D eigenvalue weighted by Crippen LogP contribution is -2.64. The Morgan fingerprint density at radius 1 is 1.07 bits per heavy atom. The van der Waals surface area contributed by atoms with Crippen molar-refractivity contribution in [1.82, 2.24) is 19.7 Å². The first-order chi connectivity index (χ1) is 19.3. The Kier molecular flexibility index (Phi) is 6.87. The molecular weight excluding hydrogens is 518 g/mol. The fraction of sp³-hybridized carbons (Fsp3) is 0.367. The van der Waals surface area contributed by atoms with E-state index in [1.54, 1.807) is 4.57 Å². The number of carbonyl (C=O) groups is 2. The Morgan fingerprint density at radius 3 is 2.58 bits per heavy atom. The standard InChI is InChI=1S/C30H30F2N4O4/c1-18-11-12-35(22-9-10-22)25-16-34-15-23(29(38)33-14-20-7-8-21(31)13-24(20)32)27(37)28(26(34)30(39)36(18)25)40-17-19-5-3-2-4-6-19/h2-8,13,15,18,22,25H,9-12,14,16-17H2,1H3,(H,33,38)/t18-,25-/m0/s1. The first kappa shape index (κ1) is 26.2. The molecule has 40 heavy (non-hydrogen) atoms. The number of amides is 2. The molecule has 1 saturated heterocycles. The van der Waals surface area contributed by atoms with Crippen molar-refractivity contribution in [1.29, 1.82) is 0 Å². The minimum Gasteiger partial charge on any atom is -0.483 e. The van der Waals surface area contributed by atoms with Crippen LogP contribution in [0, 0.1) is 11.6 Å². The van der Waals surface area contributed by atoms with E-state index in [1.807, 2.05) is 42.2 Å². The highest BCUT2D eigenvalue weighted by atomic mass is 19.1. The number of fused-ring (bicyclic) bond motifs is 2. The molecule has 1 N–H and O–H groups in total. The van der Waals surface area contributed by atoms with E-state index in [2.05, 4.69) is 10.2 Å². The number of carbonyl (C=O) groups excluding carboxylic acids is 2. The molecule has 2 fully saturated rings. The predicted octanol–water partition coefficient (Wildman–Crippen LogP) is 3.67. The van der Waals surface area contributed by atoms with Crippen LogP contribution in [0.2, 0.25) is 0 Å². The van der Waals surface area contributed by atoms with Crippen LogP contribution in [0.4, 0.5) is 8.78 Å². The molecule has 8 nitrogen and oxygen atoms in total. The lowest BCUT2D eigenvalue weighted by atomic mass is 10.0. The number of ether oxygens (including phenoxy) is 1. The second-order valence-corrected chi connectivity index (χ2v) is 10.7. The highest BCUT2D eigenvalue weighted by molar-refractivity contribution is 5.99. The summed E-state index contributed by atoms with van der Waals surface area (Å²) in [6, 6.07) is 12.7. The molecule has 2 aromatic carbocycles. The first-order valence-electron chi connectivity index (χ1n) is 13.6. The number of benzene rings is 2. The van der Waals surface area contributed by atoms with Gasteiger partial charge >= 0.3 is 0 Å². The summed E-state index contributed by atoms with van der Waals surface area (Å²) in [5, 5.41) is 2.56. The van der Waals surface area contributed by atoms with E-state index >= 15 is 0 Å². The summed E-state index contributed by atoms with van der Waals surface area (Å²) in [6.45, 7) is 3.08. The summed E-state index contributed by atoms with van der Waals surface area (Å²) in [5.74, 6) is -2.74. The minimum absolute atomic E-state index is 0.00749. The van der Waals surface area contributed by atoms with E-state index < -0.39 is 23.0 Å². The van der Waals surface area contributed by atoms with Crippen LogP contribution < -0.4 is 15.5 Å². The molecule has 1 saturated carbocycles. The van der Waals surface area contributed by atoms with Gasteiger partial charge in [-0.15, -0.1) is 0 Å². The SMILES string of the molecule is C[C@H]1CCN(C2CC2)[C@@H]2Cn3cc(C(=O)NCc4ccc(F)cc4F)c(=O)c(OCc4ccccc4)c3C(=O)N12. The van der Waals surface area contributed by atoms with Gasteiger partial charge in [0.15, 0.2) is 11.4 Å². The van der Waals surface area contributed by atoms with Gasteiger partial charge in [0.2, 0.25) is 5.43 Å². The third kappa shape index (κ3) is 4.88. The van der Waals surface area contributed by atoms with Crippen molar-refractivity contribution in [3.63, 3.8) is 0 Å². The third-order valence-corrected chi connectivity index (χ3v) is 7.96. The molecule has 2 amide bonds. The average molecular weight is 549 g/mol. The van der Waals surface area contributed by atoms with Gasteiger partial charge in [-0.1, -0.05) is 36.4 Å². The van der Waals surface area contributed by atoms with Crippen LogP contribution in [-0.4, -0.2) is 51.0 Å². The zero-order valence-electron chi connectivity index (χ0n) is 22.1. The molecule has 2 atom stereocenters. The Balaban J connectivity index is 1.37. The van der Waals surface area contributed by atoms with Crippen molar-refractivity contribution >= 4 is 11.8 Å². The summed E-state index contributed by atoms with van der Waals surface area (Å²) >= 11 is 0. The normalized spacial score (nSPS) is 20.6. The Labute approximate surface area is 230 Å². The maximum absolute atomic E-state index is 14.1. The quantitative estimate of drug-likeness (QED) is 0.487. The molecule has 1 aromatic heterocycles. The second-order valence-electron chi connectivity index (χ2n) is 10.7. The van der Waals surface area contributed by atoms with Gasteiger partial charge in [0.1, 0.15) is 30.0 Å². The monoisotopic (exact) mass is 548 g/mol. The molecule has 1 aliphatic carbocycles. The number of hydrogen-bond acceptors (Lipinski definition) is 5. The summed E-state index contributed by atoms with van der Waals surface area (Å²) in [7, 11) is 0. The van der Waals surface area contributed by atoms with Crippen molar-refractivity contribution in [2.24, 2.45) is 0 Å². The highest BCUT2D eigenvalue weighted by Gasteiger charge is 2.47. The van der Waals surface area contributed by atoms with Crippen LogP contribution in [0.3, 0.4) is 0 Å². The summed E-state index contributed by atoms with van der Waals surface area (Å²) in [5.41, 5.74) is 0.0834. The van der Waals surface area contributed by atoms with E-state index in [9.17, 15) is 23.2 Å². The Morgan fingerprint density at radius 2 is 1.85 bits per heavy atom. The fourth-order valence-electron chi connectivity index (χ4n) is 5.70. The predicted molar refractivity (Wildman–Crippen MR) is 143 cm³/mol. The number of nitrogens with one attached hydrogen (secondary N) is 1. The van der Waals surface area contributed by atoms with E-state index in [-0.39, 0.29) is 53.8 Å². The Bertz CT molecular complexity index is 1520. The van der Waals surface area contributed by atoms with Crippen molar-refractivity contribution in [3.05, 3.63) is 99.0 Å². The molecule has 3 heterocycles. The van der Waals surface area contributed by atoms with Crippen LogP contribution in [0.25, 0.3) is 0 Å². The average Bonchev–Trinajstić information content (AvgIpc) is 3.78.